The second-order valence-corrected chi connectivity index (χ2v) is 5.49. The largest absolute Gasteiger partial charge is 0.497 e. The Morgan fingerprint density at radius 1 is 1.37 bits per heavy atom. The standard InChI is InChI=1S/C16H25NO2/c1-13(12-17-9-5-8-16(17)19-3)10-14-6-4-7-15(11-14)18-2/h4,6-7,11,13,16H,5,8-10,12H2,1-3H3/t13?,16-/m0/s1. The minimum Gasteiger partial charge on any atom is -0.497 e. The van der Waals surface area contributed by atoms with Gasteiger partial charge in [-0.05, 0) is 42.9 Å². The summed E-state index contributed by atoms with van der Waals surface area (Å²) in [6, 6.07) is 8.37. The van der Waals surface area contributed by atoms with Gasteiger partial charge in [0.15, 0.2) is 0 Å². The Bertz CT molecular complexity index is 394. The lowest BCUT2D eigenvalue weighted by Crippen LogP contribution is -2.34. The normalized spacial score (nSPS) is 21.5. The minimum atomic E-state index is 0.327. The van der Waals surface area contributed by atoms with Gasteiger partial charge in [0.2, 0.25) is 0 Å². The Labute approximate surface area is 116 Å². The molecule has 1 aliphatic heterocycles. The van der Waals surface area contributed by atoms with Gasteiger partial charge in [0.05, 0.1) is 7.11 Å². The van der Waals surface area contributed by atoms with Gasteiger partial charge in [-0.3, -0.25) is 4.90 Å². The molecule has 0 aliphatic carbocycles. The summed E-state index contributed by atoms with van der Waals surface area (Å²) in [7, 11) is 3.53. The molecular formula is C16H25NO2. The van der Waals surface area contributed by atoms with Crippen LogP contribution in [0.2, 0.25) is 0 Å². The number of hydrogen-bond acceptors (Lipinski definition) is 3. The van der Waals surface area contributed by atoms with Gasteiger partial charge >= 0.3 is 0 Å². The maximum Gasteiger partial charge on any atom is 0.119 e. The highest BCUT2D eigenvalue weighted by molar-refractivity contribution is 5.28. The molecule has 3 heteroatoms. The third-order valence-electron chi connectivity index (χ3n) is 3.84. The molecule has 1 unspecified atom stereocenters. The number of benzene rings is 1. The first-order valence-electron chi connectivity index (χ1n) is 7.12. The third-order valence-corrected chi connectivity index (χ3v) is 3.84. The lowest BCUT2D eigenvalue weighted by Gasteiger charge is -2.26. The van der Waals surface area contributed by atoms with Crippen LogP contribution >= 0.6 is 0 Å². The van der Waals surface area contributed by atoms with E-state index in [2.05, 4.69) is 30.0 Å². The van der Waals surface area contributed by atoms with Crippen molar-refractivity contribution in [1.29, 1.82) is 0 Å². The van der Waals surface area contributed by atoms with Crippen molar-refractivity contribution in [3.8, 4) is 5.75 Å². The van der Waals surface area contributed by atoms with Crippen LogP contribution in [0.1, 0.15) is 25.3 Å². The monoisotopic (exact) mass is 263 g/mol. The van der Waals surface area contributed by atoms with Crippen molar-refractivity contribution in [2.75, 3.05) is 27.3 Å². The lowest BCUT2D eigenvalue weighted by atomic mass is 10.0. The second-order valence-electron chi connectivity index (χ2n) is 5.49. The molecule has 2 rings (SSSR count). The van der Waals surface area contributed by atoms with Crippen LogP contribution in [0.5, 0.6) is 5.75 Å². The molecule has 1 aromatic carbocycles. The van der Waals surface area contributed by atoms with E-state index in [0.717, 1.165) is 18.7 Å². The van der Waals surface area contributed by atoms with Gasteiger partial charge in [-0.1, -0.05) is 19.1 Å². The Morgan fingerprint density at radius 2 is 2.21 bits per heavy atom. The number of methoxy groups -OCH3 is 2. The smallest absolute Gasteiger partial charge is 0.119 e. The summed E-state index contributed by atoms with van der Waals surface area (Å²) in [5.74, 6) is 1.57. The highest BCUT2D eigenvalue weighted by Gasteiger charge is 2.25. The van der Waals surface area contributed by atoms with Crippen molar-refractivity contribution in [2.24, 2.45) is 5.92 Å². The molecule has 19 heavy (non-hydrogen) atoms. The van der Waals surface area contributed by atoms with Crippen LogP contribution in [0.15, 0.2) is 24.3 Å². The predicted molar refractivity (Wildman–Crippen MR) is 77.5 cm³/mol. The van der Waals surface area contributed by atoms with E-state index in [-0.39, 0.29) is 0 Å². The summed E-state index contributed by atoms with van der Waals surface area (Å²) < 4.78 is 10.8. The van der Waals surface area contributed by atoms with E-state index in [4.69, 9.17) is 9.47 Å². The van der Waals surface area contributed by atoms with Crippen LogP contribution in [-0.2, 0) is 11.2 Å². The number of nitrogens with zero attached hydrogens (tertiary/aromatic N) is 1. The Kier molecular flexibility index (Phi) is 5.23. The van der Waals surface area contributed by atoms with Crippen molar-refractivity contribution in [1.82, 2.24) is 4.90 Å². The van der Waals surface area contributed by atoms with Crippen LogP contribution in [0.3, 0.4) is 0 Å². The maximum atomic E-state index is 5.52. The molecule has 106 valence electrons. The molecule has 3 nitrogen and oxygen atoms in total. The molecule has 0 radical (unpaired) electrons. The highest BCUT2D eigenvalue weighted by atomic mass is 16.5. The molecule has 0 aromatic heterocycles. The van der Waals surface area contributed by atoms with Gasteiger partial charge in [-0.15, -0.1) is 0 Å². The van der Waals surface area contributed by atoms with Crippen molar-refractivity contribution in [3.05, 3.63) is 29.8 Å². The van der Waals surface area contributed by atoms with Crippen molar-refractivity contribution in [2.45, 2.75) is 32.4 Å². The first-order valence-corrected chi connectivity index (χ1v) is 7.12. The molecule has 1 saturated heterocycles. The van der Waals surface area contributed by atoms with E-state index in [1.807, 2.05) is 13.2 Å². The SMILES string of the molecule is COc1cccc(CC(C)CN2CCC[C@@H]2OC)c1. The molecular weight excluding hydrogens is 238 g/mol. The highest BCUT2D eigenvalue weighted by Crippen LogP contribution is 2.21. The van der Waals surface area contributed by atoms with Crippen LogP contribution in [0.4, 0.5) is 0 Å². The molecule has 1 fully saturated rings. The Hall–Kier alpha value is -1.06. The van der Waals surface area contributed by atoms with Crippen LogP contribution in [0, 0.1) is 5.92 Å². The topological polar surface area (TPSA) is 21.7 Å². The van der Waals surface area contributed by atoms with Crippen LogP contribution in [-0.4, -0.2) is 38.4 Å². The quantitative estimate of drug-likeness (QED) is 0.787. The fourth-order valence-electron chi connectivity index (χ4n) is 2.94. The van der Waals surface area contributed by atoms with E-state index < -0.39 is 0 Å². The summed E-state index contributed by atoms with van der Waals surface area (Å²) in [4.78, 5) is 2.46. The predicted octanol–water partition coefficient (Wildman–Crippen LogP) is 2.94. The number of rotatable bonds is 6. The zero-order valence-electron chi connectivity index (χ0n) is 12.3. The number of likely N-dealkylation sites (tertiary alicyclic amines) is 1. The molecule has 0 amide bonds. The molecule has 0 bridgehead atoms. The summed E-state index contributed by atoms with van der Waals surface area (Å²) in [6.07, 6.45) is 3.84. The molecule has 1 aromatic rings. The zero-order chi connectivity index (χ0) is 13.7. The number of hydrogen-bond donors (Lipinski definition) is 0. The van der Waals surface area contributed by atoms with E-state index in [1.54, 1.807) is 7.11 Å². The first kappa shape index (κ1) is 14.4. The van der Waals surface area contributed by atoms with E-state index in [1.165, 1.54) is 24.9 Å². The summed E-state index contributed by atoms with van der Waals surface area (Å²) in [6.45, 7) is 4.58. The average Bonchev–Trinajstić information content (AvgIpc) is 2.86. The van der Waals surface area contributed by atoms with E-state index >= 15 is 0 Å². The van der Waals surface area contributed by atoms with Gasteiger partial charge in [0.25, 0.3) is 0 Å². The minimum absolute atomic E-state index is 0.327. The summed E-state index contributed by atoms with van der Waals surface area (Å²) in [5, 5.41) is 0. The molecule has 0 spiro atoms. The van der Waals surface area contributed by atoms with Crippen molar-refractivity contribution < 1.29 is 9.47 Å². The maximum absolute atomic E-state index is 5.52. The van der Waals surface area contributed by atoms with Gasteiger partial charge in [-0.25, -0.2) is 0 Å². The second kappa shape index (κ2) is 6.92. The number of ether oxygens (including phenoxy) is 2. The van der Waals surface area contributed by atoms with Crippen LogP contribution < -0.4 is 4.74 Å². The van der Waals surface area contributed by atoms with E-state index in [0.29, 0.717) is 12.1 Å². The average molecular weight is 263 g/mol. The van der Waals surface area contributed by atoms with Gasteiger partial charge < -0.3 is 9.47 Å². The third kappa shape index (κ3) is 3.95. The summed E-state index contributed by atoms with van der Waals surface area (Å²) >= 11 is 0. The lowest BCUT2D eigenvalue weighted by molar-refractivity contribution is -0.0100. The van der Waals surface area contributed by atoms with Crippen molar-refractivity contribution in [3.63, 3.8) is 0 Å². The molecule has 0 saturated carbocycles. The Balaban J connectivity index is 1.88. The molecule has 1 aliphatic rings. The molecule has 0 N–H and O–H groups in total. The Morgan fingerprint density at radius 3 is 2.95 bits per heavy atom. The zero-order valence-corrected chi connectivity index (χ0v) is 12.3. The summed E-state index contributed by atoms with van der Waals surface area (Å²) in [5.41, 5.74) is 1.35. The first-order chi connectivity index (χ1) is 9.22. The van der Waals surface area contributed by atoms with Gasteiger partial charge in [0.1, 0.15) is 12.0 Å². The molecule has 1 heterocycles. The van der Waals surface area contributed by atoms with E-state index in [9.17, 15) is 0 Å². The fraction of sp³-hybridized carbons (Fsp3) is 0.625. The van der Waals surface area contributed by atoms with Gasteiger partial charge in [-0.2, -0.15) is 0 Å². The fourth-order valence-corrected chi connectivity index (χ4v) is 2.94. The van der Waals surface area contributed by atoms with Crippen molar-refractivity contribution >= 4 is 0 Å². The van der Waals surface area contributed by atoms with Crippen LogP contribution in [0.25, 0.3) is 0 Å². The molecule has 2 atom stereocenters. The van der Waals surface area contributed by atoms with Gasteiger partial charge in [0, 0.05) is 20.2 Å².